The zero-order chi connectivity index (χ0) is 14.8. The third kappa shape index (κ3) is 3.06. The highest BCUT2D eigenvalue weighted by atomic mass is 127. The van der Waals surface area contributed by atoms with Crippen LogP contribution in [0.4, 0.5) is 0 Å². The molecule has 0 saturated heterocycles. The fourth-order valence-electron chi connectivity index (χ4n) is 2.23. The lowest BCUT2D eigenvalue weighted by atomic mass is 10.0. The van der Waals surface area contributed by atoms with Gasteiger partial charge in [-0.15, -0.1) is 0 Å². The Labute approximate surface area is 145 Å². The molecule has 0 N–H and O–H groups in total. The van der Waals surface area contributed by atoms with Crippen LogP contribution in [0.5, 0.6) is 0 Å². The molecule has 0 aliphatic rings. The summed E-state index contributed by atoms with van der Waals surface area (Å²) in [4.78, 5) is 0. The van der Waals surface area contributed by atoms with Crippen molar-refractivity contribution in [2.24, 2.45) is 0 Å². The standard InChI is InChI=1S/C17H13BrINO/c1-11-16(10-18)17(21-20-11)14-4-2-12(3-5-14)13-6-8-15(19)9-7-13/h2-9H,10H2,1H3. The molecule has 0 saturated carbocycles. The zero-order valence-corrected chi connectivity index (χ0v) is 15.2. The van der Waals surface area contributed by atoms with Crippen molar-refractivity contribution in [3.63, 3.8) is 0 Å². The van der Waals surface area contributed by atoms with Crippen LogP contribution >= 0.6 is 38.5 Å². The highest BCUT2D eigenvalue weighted by Crippen LogP contribution is 2.30. The van der Waals surface area contributed by atoms with E-state index in [1.165, 1.54) is 14.7 Å². The van der Waals surface area contributed by atoms with Crippen molar-refractivity contribution in [1.82, 2.24) is 5.16 Å². The summed E-state index contributed by atoms with van der Waals surface area (Å²) in [5.74, 6) is 0.846. The second-order valence-corrected chi connectivity index (χ2v) is 6.60. The quantitative estimate of drug-likeness (QED) is 0.369. The van der Waals surface area contributed by atoms with Crippen LogP contribution in [0.3, 0.4) is 0 Å². The number of halogens is 2. The van der Waals surface area contributed by atoms with Gasteiger partial charge < -0.3 is 4.52 Å². The van der Waals surface area contributed by atoms with E-state index in [2.05, 4.69) is 92.2 Å². The number of aromatic nitrogens is 1. The van der Waals surface area contributed by atoms with Crippen LogP contribution in [-0.4, -0.2) is 5.16 Å². The third-order valence-electron chi connectivity index (χ3n) is 3.44. The minimum Gasteiger partial charge on any atom is -0.356 e. The van der Waals surface area contributed by atoms with Crippen molar-refractivity contribution in [1.29, 1.82) is 0 Å². The predicted octanol–water partition coefficient (Wildman–Crippen LogP) is 5.82. The lowest BCUT2D eigenvalue weighted by molar-refractivity contribution is 0.427. The van der Waals surface area contributed by atoms with E-state index >= 15 is 0 Å². The monoisotopic (exact) mass is 453 g/mol. The molecule has 2 aromatic carbocycles. The lowest BCUT2D eigenvalue weighted by Gasteiger charge is -2.04. The summed E-state index contributed by atoms with van der Waals surface area (Å²) in [7, 11) is 0. The van der Waals surface area contributed by atoms with Crippen LogP contribution in [0.25, 0.3) is 22.5 Å². The summed E-state index contributed by atoms with van der Waals surface area (Å²) in [5.41, 5.74) is 5.52. The number of aryl methyl sites for hydroxylation is 1. The fourth-order valence-corrected chi connectivity index (χ4v) is 3.25. The molecule has 1 heterocycles. The Morgan fingerprint density at radius 3 is 2.05 bits per heavy atom. The van der Waals surface area contributed by atoms with Crippen LogP contribution in [0.2, 0.25) is 0 Å². The Balaban J connectivity index is 1.95. The normalized spacial score (nSPS) is 10.8. The van der Waals surface area contributed by atoms with Gasteiger partial charge in [-0.05, 0) is 52.8 Å². The molecule has 0 aliphatic carbocycles. The molecule has 0 bridgehead atoms. The molecule has 1 aromatic heterocycles. The number of hydrogen-bond donors (Lipinski definition) is 0. The molecule has 0 aliphatic heterocycles. The van der Waals surface area contributed by atoms with Crippen molar-refractivity contribution < 1.29 is 4.52 Å². The maximum absolute atomic E-state index is 5.45. The molecule has 3 aromatic rings. The van der Waals surface area contributed by atoms with Gasteiger partial charge in [0.1, 0.15) is 0 Å². The molecule has 0 radical (unpaired) electrons. The predicted molar refractivity (Wildman–Crippen MR) is 97.5 cm³/mol. The van der Waals surface area contributed by atoms with Crippen LogP contribution in [0, 0.1) is 10.5 Å². The Kier molecular flexibility index (Phi) is 4.45. The average Bonchev–Trinajstić information content (AvgIpc) is 2.89. The molecule has 0 unspecified atom stereocenters. The van der Waals surface area contributed by atoms with Gasteiger partial charge in [0.2, 0.25) is 0 Å². The molecule has 0 spiro atoms. The van der Waals surface area contributed by atoms with Crippen molar-refractivity contribution >= 4 is 38.5 Å². The van der Waals surface area contributed by atoms with E-state index < -0.39 is 0 Å². The first-order valence-electron chi connectivity index (χ1n) is 6.56. The smallest absolute Gasteiger partial charge is 0.171 e. The summed E-state index contributed by atoms with van der Waals surface area (Å²) >= 11 is 5.81. The second kappa shape index (κ2) is 6.32. The Morgan fingerprint density at radius 2 is 1.48 bits per heavy atom. The van der Waals surface area contributed by atoms with E-state index in [1.807, 2.05) is 6.92 Å². The number of alkyl halides is 1. The fraction of sp³-hybridized carbons (Fsp3) is 0.118. The Bertz CT molecular complexity index is 747. The molecular weight excluding hydrogens is 441 g/mol. The van der Waals surface area contributed by atoms with Gasteiger partial charge in [-0.3, -0.25) is 0 Å². The Hall–Kier alpha value is -1.14. The number of benzene rings is 2. The second-order valence-electron chi connectivity index (χ2n) is 4.79. The van der Waals surface area contributed by atoms with Crippen molar-refractivity contribution in [3.05, 3.63) is 63.4 Å². The molecule has 0 fully saturated rings. The minimum atomic E-state index is 0.747. The summed E-state index contributed by atoms with van der Waals surface area (Å²) in [6.07, 6.45) is 0. The SMILES string of the molecule is Cc1noc(-c2ccc(-c3ccc(I)cc3)cc2)c1CBr. The van der Waals surface area contributed by atoms with Crippen molar-refractivity contribution in [3.8, 4) is 22.5 Å². The minimum absolute atomic E-state index is 0.747. The first-order chi connectivity index (χ1) is 10.2. The average molecular weight is 454 g/mol. The molecule has 0 atom stereocenters. The first kappa shape index (κ1) is 14.8. The summed E-state index contributed by atoms with van der Waals surface area (Å²) < 4.78 is 6.70. The number of nitrogens with zero attached hydrogens (tertiary/aromatic N) is 1. The third-order valence-corrected chi connectivity index (χ3v) is 4.72. The molecule has 0 amide bonds. The van der Waals surface area contributed by atoms with Gasteiger partial charge in [0.15, 0.2) is 5.76 Å². The van der Waals surface area contributed by atoms with Crippen LogP contribution < -0.4 is 0 Å². The van der Waals surface area contributed by atoms with Crippen LogP contribution in [0.15, 0.2) is 53.1 Å². The largest absolute Gasteiger partial charge is 0.356 e. The summed E-state index contributed by atoms with van der Waals surface area (Å²) in [5, 5.41) is 4.79. The van der Waals surface area contributed by atoms with Crippen LogP contribution in [-0.2, 0) is 5.33 Å². The van der Waals surface area contributed by atoms with Gasteiger partial charge in [0, 0.05) is 20.0 Å². The van der Waals surface area contributed by atoms with Gasteiger partial charge in [-0.1, -0.05) is 57.5 Å². The summed E-state index contributed by atoms with van der Waals surface area (Å²) in [6, 6.07) is 16.9. The van der Waals surface area contributed by atoms with Gasteiger partial charge in [0.25, 0.3) is 0 Å². The first-order valence-corrected chi connectivity index (χ1v) is 8.76. The highest BCUT2D eigenvalue weighted by Gasteiger charge is 2.13. The van der Waals surface area contributed by atoms with Gasteiger partial charge in [0.05, 0.1) is 5.69 Å². The van der Waals surface area contributed by atoms with Crippen molar-refractivity contribution in [2.75, 3.05) is 0 Å². The molecule has 2 nitrogen and oxygen atoms in total. The van der Waals surface area contributed by atoms with E-state index in [0.29, 0.717) is 0 Å². The lowest BCUT2D eigenvalue weighted by Crippen LogP contribution is -1.84. The summed E-state index contributed by atoms with van der Waals surface area (Å²) in [6.45, 7) is 1.96. The van der Waals surface area contributed by atoms with E-state index in [1.54, 1.807) is 0 Å². The highest BCUT2D eigenvalue weighted by molar-refractivity contribution is 14.1. The molecule has 106 valence electrons. The molecule has 4 heteroatoms. The maximum Gasteiger partial charge on any atom is 0.171 e. The topological polar surface area (TPSA) is 26.0 Å². The number of hydrogen-bond acceptors (Lipinski definition) is 2. The molecule has 21 heavy (non-hydrogen) atoms. The molecular formula is C17H13BrINO. The van der Waals surface area contributed by atoms with Crippen LogP contribution in [0.1, 0.15) is 11.3 Å². The zero-order valence-electron chi connectivity index (χ0n) is 11.4. The van der Waals surface area contributed by atoms with E-state index in [-0.39, 0.29) is 0 Å². The Morgan fingerprint density at radius 1 is 0.952 bits per heavy atom. The van der Waals surface area contributed by atoms with Gasteiger partial charge in [-0.2, -0.15) is 0 Å². The van der Waals surface area contributed by atoms with Gasteiger partial charge >= 0.3 is 0 Å². The number of rotatable bonds is 3. The van der Waals surface area contributed by atoms with E-state index in [0.717, 1.165) is 27.9 Å². The van der Waals surface area contributed by atoms with E-state index in [9.17, 15) is 0 Å². The maximum atomic E-state index is 5.45. The molecule has 3 rings (SSSR count). The van der Waals surface area contributed by atoms with Gasteiger partial charge in [-0.25, -0.2) is 0 Å². The van der Waals surface area contributed by atoms with Crippen molar-refractivity contribution in [2.45, 2.75) is 12.3 Å². The van der Waals surface area contributed by atoms with E-state index in [4.69, 9.17) is 4.52 Å².